The highest BCUT2D eigenvalue weighted by Gasteiger charge is 2.17. The molecule has 0 amide bonds. The highest BCUT2D eigenvalue weighted by molar-refractivity contribution is 5.24. The van der Waals surface area contributed by atoms with Crippen molar-refractivity contribution >= 4 is 0 Å². The van der Waals surface area contributed by atoms with Crippen molar-refractivity contribution < 1.29 is 0 Å². The SMILES string of the molecule is Cc1cccc(C(N)CC2CCCNC2)c1. The predicted octanol–water partition coefficient (Wildman–Crippen LogP) is 2.38. The van der Waals surface area contributed by atoms with Gasteiger partial charge in [-0.3, -0.25) is 0 Å². The molecular formula is C14H22N2. The van der Waals surface area contributed by atoms with Crippen LogP contribution < -0.4 is 11.1 Å². The fraction of sp³-hybridized carbons (Fsp3) is 0.571. The molecule has 3 N–H and O–H groups in total. The molecule has 16 heavy (non-hydrogen) atoms. The smallest absolute Gasteiger partial charge is 0.0298 e. The van der Waals surface area contributed by atoms with Gasteiger partial charge in [-0.05, 0) is 50.8 Å². The first-order valence-corrected chi connectivity index (χ1v) is 6.28. The Morgan fingerprint density at radius 3 is 3.06 bits per heavy atom. The van der Waals surface area contributed by atoms with E-state index in [1.54, 1.807) is 0 Å². The van der Waals surface area contributed by atoms with Crippen molar-refractivity contribution in [3.05, 3.63) is 35.4 Å². The Kier molecular flexibility index (Phi) is 3.97. The molecule has 0 saturated carbocycles. The zero-order chi connectivity index (χ0) is 11.4. The van der Waals surface area contributed by atoms with Crippen LogP contribution in [-0.4, -0.2) is 13.1 Å². The fourth-order valence-corrected chi connectivity index (χ4v) is 2.52. The topological polar surface area (TPSA) is 38.0 Å². The van der Waals surface area contributed by atoms with Gasteiger partial charge in [0.2, 0.25) is 0 Å². The van der Waals surface area contributed by atoms with Crippen LogP contribution in [-0.2, 0) is 0 Å². The van der Waals surface area contributed by atoms with Crippen molar-refractivity contribution in [2.75, 3.05) is 13.1 Å². The Balaban J connectivity index is 1.94. The molecular weight excluding hydrogens is 196 g/mol. The lowest BCUT2D eigenvalue weighted by atomic mass is 9.89. The van der Waals surface area contributed by atoms with E-state index >= 15 is 0 Å². The molecule has 2 heteroatoms. The van der Waals surface area contributed by atoms with E-state index in [1.807, 2.05) is 0 Å². The number of hydrogen-bond donors (Lipinski definition) is 2. The molecule has 1 aliphatic heterocycles. The summed E-state index contributed by atoms with van der Waals surface area (Å²) in [6.07, 6.45) is 3.73. The summed E-state index contributed by atoms with van der Waals surface area (Å²) in [5.41, 5.74) is 8.85. The van der Waals surface area contributed by atoms with Crippen LogP contribution in [0.2, 0.25) is 0 Å². The standard InChI is InChI=1S/C14H22N2/c1-11-4-2-6-13(8-11)14(15)9-12-5-3-7-16-10-12/h2,4,6,8,12,14,16H,3,5,7,9-10,15H2,1H3. The third-order valence-electron chi connectivity index (χ3n) is 3.46. The number of nitrogens with two attached hydrogens (primary N) is 1. The van der Waals surface area contributed by atoms with E-state index in [1.165, 1.54) is 30.5 Å². The molecule has 0 bridgehead atoms. The van der Waals surface area contributed by atoms with Gasteiger partial charge in [-0.2, -0.15) is 0 Å². The Morgan fingerprint density at radius 1 is 1.50 bits per heavy atom. The molecule has 1 aromatic rings. The van der Waals surface area contributed by atoms with Gasteiger partial charge in [0.05, 0.1) is 0 Å². The van der Waals surface area contributed by atoms with E-state index in [0.717, 1.165) is 18.9 Å². The predicted molar refractivity (Wildman–Crippen MR) is 68.3 cm³/mol. The first kappa shape index (κ1) is 11.6. The second-order valence-electron chi connectivity index (χ2n) is 4.97. The largest absolute Gasteiger partial charge is 0.324 e. The van der Waals surface area contributed by atoms with Crippen LogP contribution in [0.25, 0.3) is 0 Å². The molecule has 1 aliphatic rings. The third kappa shape index (κ3) is 3.06. The second-order valence-corrected chi connectivity index (χ2v) is 4.97. The zero-order valence-electron chi connectivity index (χ0n) is 10.1. The Bertz CT molecular complexity index is 329. The van der Waals surface area contributed by atoms with Crippen molar-refractivity contribution in [3.8, 4) is 0 Å². The maximum Gasteiger partial charge on any atom is 0.0298 e. The minimum absolute atomic E-state index is 0.199. The van der Waals surface area contributed by atoms with E-state index in [-0.39, 0.29) is 6.04 Å². The van der Waals surface area contributed by atoms with Crippen LogP contribution in [0.5, 0.6) is 0 Å². The van der Waals surface area contributed by atoms with E-state index in [2.05, 4.69) is 36.5 Å². The average Bonchev–Trinajstić information content (AvgIpc) is 2.30. The van der Waals surface area contributed by atoms with Crippen molar-refractivity contribution in [3.63, 3.8) is 0 Å². The fourth-order valence-electron chi connectivity index (χ4n) is 2.52. The van der Waals surface area contributed by atoms with Crippen molar-refractivity contribution in [2.24, 2.45) is 11.7 Å². The van der Waals surface area contributed by atoms with E-state index < -0.39 is 0 Å². The van der Waals surface area contributed by atoms with Crippen LogP contribution in [0.3, 0.4) is 0 Å². The molecule has 2 atom stereocenters. The molecule has 1 fully saturated rings. The second kappa shape index (κ2) is 5.46. The Labute approximate surface area is 98.2 Å². The van der Waals surface area contributed by atoms with E-state index in [9.17, 15) is 0 Å². The van der Waals surface area contributed by atoms with Gasteiger partial charge in [-0.15, -0.1) is 0 Å². The number of nitrogens with one attached hydrogen (secondary N) is 1. The zero-order valence-corrected chi connectivity index (χ0v) is 10.1. The number of benzene rings is 1. The van der Waals surface area contributed by atoms with Crippen LogP contribution in [0.4, 0.5) is 0 Å². The quantitative estimate of drug-likeness (QED) is 0.817. The van der Waals surface area contributed by atoms with Crippen LogP contribution in [0.1, 0.15) is 36.4 Å². The summed E-state index contributed by atoms with van der Waals surface area (Å²) in [7, 11) is 0. The van der Waals surface area contributed by atoms with Crippen molar-refractivity contribution in [1.29, 1.82) is 0 Å². The summed E-state index contributed by atoms with van der Waals surface area (Å²) < 4.78 is 0. The van der Waals surface area contributed by atoms with Gasteiger partial charge in [0, 0.05) is 6.04 Å². The number of rotatable bonds is 3. The van der Waals surface area contributed by atoms with Crippen molar-refractivity contribution in [2.45, 2.75) is 32.2 Å². The molecule has 0 radical (unpaired) electrons. The van der Waals surface area contributed by atoms with E-state index in [4.69, 9.17) is 5.73 Å². The van der Waals surface area contributed by atoms with Gasteiger partial charge in [-0.25, -0.2) is 0 Å². The van der Waals surface area contributed by atoms with E-state index in [0.29, 0.717) is 0 Å². The molecule has 1 aromatic carbocycles. The molecule has 2 rings (SSSR count). The van der Waals surface area contributed by atoms with Gasteiger partial charge < -0.3 is 11.1 Å². The highest BCUT2D eigenvalue weighted by Crippen LogP contribution is 2.23. The molecule has 88 valence electrons. The molecule has 0 aliphatic carbocycles. The number of piperidine rings is 1. The van der Waals surface area contributed by atoms with Crippen LogP contribution in [0.15, 0.2) is 24.3 Å². The Morgan fingerprint density at radius 2 is 2.38 bits per heavy atom. The molecule has 1 heterocycles. The molecule has 1 saturated heterocycles. The Hall–Kier alpha value is -0.860. The lowest BCUT2D eigenvalue weighted by Gasteiger charge is -2.25. The van der Waals surface area contributed by atoms with Gasteiger partial charge >= 0.3 is 0 Å². The highest BCUT2D eigenvalue weighted by atomic mass is 14.9. The van der Waals surface area contributed by atoms with Gasteiger partial charge in [0.25, 0.3) is 0 Å². The first-order valence-electron chi connectivity index (χ1n) is 6.28. The van der Waals surface area contributed by atoms with Gasteiger partial charge in [0.15, 0.2) is 0 Å². The summed E-state index contributed by atoms with van der Waals surface area (Å²) in [5, 5.41) is 3.45. The molecule has 0 spiro atoms. The summed E-state index contributed by atoms with van der Waals surface area (Å²) in [6.45, 7) is 4.44. The van der Waals surface area contributed by atoms with Crippen LogP contribution >= 0.6 is 0 Å². The molecule has 2 nitrogen and oxygen atoms in total. The first-order chi connectivity index (χ1) is 7.75. The minimum atomic E-state index is 0.199. The lowest BCUT2D eigenvalue weighted by Crippen LogP contribution is -2.31. The number of aryl methyl sites for hydroxylation is 1. The molecule has 2 unspecified atom stereocenters. The monoisotopic (exact) mass is 218 g/mol. The summed E-state index contributed by atoms with van der Waals surface area (Å²) in [6, 6.07) is 8.78. The molecule has 0 aromatic heterocycles. The summed E-state index contributed by atoms with van der Waals surface area (Å²) >= 11 is 0. The maximum absolute atomic E-state index is 6.27. The lowest BCUT2D eigenvalue weighted by molar-refractivity contribution is 0.337. The average molecular weight is 218 g/mol. The summed E-state index contributed by atoms with van der Waals surface area (Å²) in [5.74, 6) is 0.754. The van der Waals surface area contributed by atoms with Gasteiger partial charge in [-0.1, -0.05) is 29.8 Å². The minimum Gasteiger partial charge on any atom is -0.324 e. The normalized spacial score (nSPS) is 23.0. The summed E-state index contributed by atoms with van der Waals surface area (Å²) in [4.78, 5) is 0. The third-order valence-corrected chi connectivity index (χ3v) is 3.46. The van der Waals surface area contributed by atoms with Gasteiger partial charge in [0.1, 0.15) is 0 Å². The van der Waals surface area contributed by atoms with Crippen LogP contribution in [0, 0.1) is 12.8 Å². The maximum atomic E-state index is 6.27. The van der Waals surface area contributed by atoms with Crippen molar-refractivity contribution in [1.82, 2.24) is 5.32 Å². The number of hydrogen-bond acceptors (Lipinski definition) is 2.